The summed E-state index contributed by atoms with van der Waals surface area (Å²) in [6.45, 7) is 4.28. The minimum atomic E-state index is 0.832. The van der Waals surface area contributed by atoms with E-state index < -0.39 is 0 Å². The third-order valence-electron chi connectivity index (χ3n) is 4.57. The average Bonchev–Trinajstić information content (AvgIpc) is 3.38. The van der Waals surface area contributed by atoms with Gasteiger partial charge in [0.15, 0.2) is 11.0 Å². The second kappa shape index (κ2) is 8.20. The summed E-state index contributed by atoms with van der Waals surface area (Å²) in [6, 6.07) is 18.7. The summed E-state index contributed by atoms with van der Waals surface area (Å²) < 4.78 is 7.43. The lowest BCUT2D eigenvalue weighted by Crippen LogP contribution is -1.99. The zero-order valence-electron chi connectivity index (χ0n) is 16.0. The average molecular weight is 408 g/mol. The highest BCUT2D eigenvalue weighted by Gasteiger charge is 2.17. The third-order valence-corrected chi connectivity index (χ3v) is 6.41. The zero-order chi connectivity index (χ0) is 19.5. The Morgan fingerprint density at radius 3 is 2.57 bits per heavy atom. The van der Waals surface area contributed by atoms with Crippen LogP contribution in [0.25, 0.3) is 16.4 Å². The van der Waals surface area contributed by atoms with Crippen molar-refractivity contribution < 1.29 is 4.74 Å². The molecule has 0 saturated heterocycles. The molecule has 0 bridgehead atoms. The zero-order valence-corrected chi connectivity index (χ0v) is 17.7. The molecule has 0 aliphatic heterocycles. The summed E-state index contributed by atoms with van der Waals surface area (Å²) in [5, 5.41) is 12.0. The fourth-order valence-corrected chi connectivity index (χ4v) is 4.70. The van der Waals surface area contributed by atoms with E-state index in [-0.39, 0.29) is 0 Å². The molecule has 2 aromatic heterocycles. The van der Waals surface area contributed by atoms with E-state index in [0.717, 1.165) is 33.0 Å². The van der Waals surface area contributed by atoms with Gasteiger partial charge in [0.05, 0.1) is 17.7 Å². The number of hydrogen-bond acceptors (Lipinski definition) is 5. The first kappa shape index (κ1) is 18.8. The maximum atomic E-state index is 5.31. The van der Waals surface area contributed by atoms with Gasteiger partial charge >= 0.3 is 0 Å². The van der Waals surface area contributed by atoms with Crippen molar-refractivity contribution in [3.8, 4) is 22.1 Å². The second-order valence-electron chi connectivity index (χ2n) is 6.54. The SMILES string of the molecule is COc1ccc(-n2c(SCc3cc(C)ccc3C)nnc2-c2cccs2)cc1. The molecular weight excluding hydrogens is 386 g/mol. The van der Waals surface area contributed by atoms with Crippen molar-refractivity contribution in [1.29, 1.82) is 0 Å². The number of benzene rings is 2. The molecule has 0 N–H and O–H groups in total. The Kier molecular flexibility index (Phi) is 5.50. The Labute approximate surface area is 173 Å². The summed E-state index contributed by atoms with van der Waals surface area (Å²) in [5.41, 5.74) is 4.92. The summed E-state index contributed by atoms with van der Waals surface area (Å²) >= 11 is 3.38. The number of aryl methyl sites for hydroxylation is 2. The van der Waals surface area contributed by atoms with Crippen LogP contribution < -0.4 is 4.74 Å². The lowest BCUT2D eigenvalue weighted by atomic mass is 10.1. The molecule has 0 aliphatic carbocycles. The highest BCUT2D eigenvalue weighted by Crippen LogP contribution is 2.32. The maximum absolute atomic E-state index is 5.31. The normalized spacial score (nSPS) is 11.0. The van der Waals surface area contributed by atoms with E-state index in [0.29, 0.717) is 0 Å². The molecule has 0 aliphatic rings. The number of thiophene rings is 1. The van der Waals surface area contributed by atoms with E-state index in [1.54, 1.807) is 30.2 Å². The van der Waals surface area contributed by atoms with Crippen LogP contribution in [-0.2, 0) is 5.75 Å². The largest absolute Gasteiger partial charge is 0.497 e. The third kappa shape index (κ3) is 3.84. The first-order valence-electron chi connectivity index (χ1n) is 8.98. The van der Waals surface area contributed by atoms with Crippen LogP contribution in [0.2, 0.25) is 0 Å². The molecule has 2 aromatic carbocycles. The molecule has 4 rings (SSSR count). The van der Waals surface area contributed by atoms with Crippen LogP contribution in [0, 0.1) is 13.8 Å². The quantitative estimate of drug-likeness (QED) is 0.372. The molecule has 0 unspecified atom stereocenters. The standard InChI is InChI=1S/C22H21N3OS2/c1-15-6-7-16(2)17(13-15)14-28-22-24-23-21(20-5-4-12-27-20)25(22)18-8-10-19(26-3)11-9-18/h4-13H,14H2,1-3H3. The van der Waals surface area contributed by atoms with Crippen molar-refractivity contribution in [2.24, 2.45) is 0 Å². The van der Waals surface area contributed by atoms with Gasteiger partial charge in [0.2, 0.25) is 0 Å². The van der Waals surface area contributed by atoms with Gasteiger partial charge in [0.25, 0.3) is 0 Å². The summed E-state index contributed by atoms with van der Waals surface area (Å²) in [6.07, 6.45) is 0. The number of nitrogens with zero attached hydrogens (tertiary/aromatic N) is 3. The van der Waals surface area contributed by atoms with Gasteiger partial charge in [-0.3, -0.25) is 4.57 Å². The van der Waals surface area contributed by atoms with Crippen LogP contribution in [-0.4, -0.2) is 21.9 Å². The van der Waals surface area contributed by atoms with Crippen molar-refractivity contribution >= 4 is 23.1 Å². The maximum Gasteiger partial charge on any atom is 0.196 e. The number of ether oxygens (including phenoxy) is 1. The fraction of sp³-hybridized carbons (Fsp3) is 0.182. The Morgan fingerprint density at radius 2 is 1.86 bits per heavy atom. The molecule has 0 saturated carbocycles. The van der Waals surface area contributed by atoms with Gasteiger partial charge in [-0.05, 0) is 60.7 Å². The molecule has 0 amide bonds. The molecular formula is C22H21N3OS2. The van der Waals surface area contributed by atoms with Gasteiger partial charge in [-0.1, -0.05) is 41.6 Å². The van der Waals surface area contributed by atoms with Gasteiger partial charge in [-0.15, -0.1) is 21.5 Å². The van der Waals surface area contributed by atoms with Gasteiger partial charge in [-0.25, -0.2) is 0 Å². The van der Waals surface area contributed by atoms with Crippen LogP contribution in [0.5, 0.6) is 5.75 Å². The van der Waals surface area contributed by atoms with Gasteiger partial charge < -0.3 is 4.74 Å². The van der Waals surface area contributed by atoms with Crippen LogP contribution in [0.4, 0.5) is 0 Å². The predicted octanol–water partition coefficient (Wildman–Crippen LogP) is 5.91. The minimum Gasteiger partial charge on any atom is -0.497 e. The molecule has 142 valence electrons. The van der Waals surface area contributed by atoms with Crippen molar-refractivity contribution in [3.05, 3.63) is 76.7 Å². The highest BCUT2D eigenvalue weighted by molar-refractivity contribution is 7.98. The van der Waals surface area contributed by atoms with Crippen LogP contribution >= 0.6 is 23.1 Å². The Hall–Kier alpha value is -2.57. The molecule has 0 radical (unpaired) electrons. The van der Waals surface area contributed by atoms with Crippen molar-refractivity contribution in [2.45, 2.75) is 24.8 Å². The molecule has 2 heterocycles. The van der Waals surface area contributed by atoms with Crippen LogP contribution in [0.3, 0.4) is 0 Å². The van der Waals surface area contributed by atoms with Crippen molar-refractivity contribution in [3.63, 3.8) is 0 Å². The Bertz CT molecular complexity index is 1070. The van der Waals surface area contributed by atoms with E-state index in [1.165, 1.54) is 16.7 Å². The molecule has 4 nitrogen and oxygen atoms in total. The van der Waals surface area contributed by atoms with E-state index >= 15 is 0 Å². The van der Waals surface area contributed by atoms with Gasteiger partial charge in [0, 0.05) is 5.75 Å². The van der Waals surface area contributed by atoms with E-state index in [9.17, 15) is 0 Å². The summed E-state index contributed by atoms with van der Waals surface area (Å²) in [7, 11) is 1.68. The molecule has 0 fully saturated rings. The fourth-order valence-electron chi connectivity index (χ4n) is 2.99. The number of methoxy groups -OCH3 is 1. The van der Waals surface area contributed by atoms with Crippen molar-refractivity contribution in [1.82, 2.24) is 14.8 Å². The van der Waals surface area contributed by atoms with E-state index in [1.807, 2.05) is 30.3 Å². The van der Waals surface area contributed by atoms with E-state index in [4.69, 9.17) is 4.74 Å². The van der Waals surface area contributed by atoms with Crippen LogP contribution in [0.1, 0.15) is 16.7 Å². The van der Waals surface area contributed by atoms with Gasteiger partial charge in [0.1, 0.15) is 5.75 Å². The second-order valence-corrected chi connectivity index (χ2v) is 8.43. The smallest absolute Gasteiger partial charge is 0.196 e. The van der Waals surface area contributed by atoms with Crippen LogP contribution in [0.15, 0.2) is 65.1 Å². The predicted molar refractivity (Wildman–Crippen MR) is 117 cm³/mol. The van der Waals surface area contributed by atoms with E-state index in [2.05, 4.69) is 58.3 Å². The molecule has 28 heavy (non-hydrogen) atoms. The lowest BCUT2D eigenvalue weighted by molar-refractivity contribution is 0.414. The van der Waals surface area contributed by atoms with Gasteiger partial charge in [-0.2, -0.15) is 0 Å². The monoisotopic (exact) mass is 407 g/mol. The molecule has 0 atom stereocenters. The summed E-state index contributed by atoms with van der Waals surface area (Å²) in [5.74, 6) is 2.55. The lowest BCUT2D eigenvalue weighted by Gasteiger charge is -2.11. The Balaban J connectivity index is 1.71. The number of rotatable bonds is 6. The molecule has 4 aromatic rings. The highest BCUT2D eigenvalue weighted by atomic mass is 32.2. The number of hydrogen-bond donors (Lipinski definition) is 0. The topological polar surface area (TPSA) is 39.9 Å². The summed E-state index contributed by atoms with van der Waals surface area (Å²) in [4.78, 5) is 1.10. The van der Waals surface area contributed by atoms with Crippen molar-refractivity contribution in [2.75, 3.05) is 7.11 Å². The Morgan fingerprint density at radius 1 is 1.04 bits per heavy atom. The number of aromatic nitrogens is 3. The molecule has 0 spiro atoms. The number of thioether (sulfide) groups is 1. The first-order chi connectivity index (χ1) is 13.7. The molecule has 6 heteroatoms. The minimum absolute atomic E-state index is 0.832. The first-order valence-corrected chi connectivity index (χ1v) is 10.8.